The number of guanidine groups is 1. The van der Waals surface area contributed by atoms with E-state index in [4.69, 9.17) is 4.98 Å². The Hall–Kier alpha value is -2.07. The van der Waals surface area contributed by atoms with Crippen molar-refractivity contribution in [2.45, 2.75) is 6.54 Å². The number of pyridine rings is 1. The quantitative estimate of drug-likeness (QED) is 0.369. The largest absolute Gasteiger partial charge is 0.368 e. The van der Waals surface area contributed by atoms with Crippen LogP contribution in [-0.2, 0) is 6.54 Å². The number of nitrogens with zero attached hydrogens (tertiary/aromatic N) is 6. The molecule has 2 saturated heterocycles. The third-order valence-electron chi connectivity index (χ3n) is 6.02. The first-order valence-electron chi connectivity index (χ1n) is 10.9. The van der Waals surface area contributed by atoms with Gasteiger partial charge in [-0.2, -0.15) is 0 Å². The number of halogens is 1. The molecule has 0 radical (unpaired) electrons. The molecule has 2 aliphatic heterocycles. The van der Waals surface area contributed by atoms with Crippen LogP contribution in [0, 0.1) is 0 Å². The maximum atomic E-state index is 4.69. The molecule has 0 bridgehead atoms. The predicted octanol–water partition coefficient (Wildman–Crippen LogP) is 2.35. The van der Waals surface area contributed by atoms with Crippen molar-refractivity contribution in [2.75, 3.05) is 76.3 Å². The summed E-state index contributed by atoms with van der Waals surface area (Å²) in [4.78, 5) is 18.8. The topological polar surface area (TPSA) is 50.2 Å². The van der Waals surface area contributed by atoms with Crippen LogP contribution >= 0.6 is 24.0 Å². The lowest BCUT2D eigenvalue weighted by atomic mass is 10.2. The van der Waals surface area contributed by atoms with E-state index in [2.05, 4.69) is 73.4 Å². The van der Waals surface area contributed by atoms with E-state index in [1.54, 1.807) is 0 Å². The molecule has 1 N–H and O–H groups in total. The van der Waals surface area contributed by atoms with Gasteiger partial charge < -0.3 is 24.9 Å². The van der Waals surface area contributed by atoms with Gasteiger partial charge in [0, 0.05) is 83.4 Å². The molecule has 1 aromatic carbocycles. The fourth-order valence-electron chi connectivity index (χ4n) is 4.19. The van der Waals surface area contributed by atoms with Crippen molar-refractivity contribution < 1.29 is 0 Å². The number of aliphatic imine (C=N–C) groups is 1. The van der Waals surface area contributed by atoms with Crippen LogP contribution in [0.1, 0.15) is 5.56 Å². The number of rotatable bonds is 4. The van der Waals surface area contributed by atoms with E-state index in [1.807, 2.05) is 19.3 Å². The van der Waals surface area contributed by atoms with Gasteiger partial charge in [-0.25, -0.2) is 4.98 Å². The van der Waals surface area contributed by atoms with Crippen LogP contribution < -0.4 is 15.1 Å². The van der Waals surface area contributed by atoms with Crippen LogP contribution in [-0.4, -0.2) is 87.2 Å². The average molecular weight is 535 g/mol. The third-order valence-corrected chi connectivity index (χ3v) is 6.02. The van der Waals surface area contributed by atoms with Crippen molar-refractivity contribution >= 4 is 41.4 Å². The predicted molar refractivity (Wildman–Crippen MR) is 140 cm³/mol. The van der Waals surface area contributed by atoms with Gasteiger partial charge in [-0.15, -0.1) is 24.0 Å². The van der Waals surface area contributed by atoms with Gasteiger partial charge in [0.15, 0.2) is 5.96 Å². The van der Waals surface area contributed by atoms with Crippen molar-refractivity contribution in [2.24, 2.45) is 4.99 Å². The van der Waals surface area contributed by atoms with Crippen molar-refractivity contribution in [3.63, 3.8) is 0 Å². The number of piperazine rings is 2. The SMILES string of the molecule is CN=C(NCc1cccnc1N1CCN(C)CC1)N1CCN(c2ccccc2)CC1.I. The molecule has 168 valence electrons. The number of benzene rings is 1. The van der Waals surface area contributed by atoms with Gasteiger partial charge >= 0.3 is 0 Å². The van der Waals surface area contributed by atoms with E-state index >= 15 is 0 Å². The van der Waals surface area contributed by atoms with Gasteiger partial charge in [0.1, 0.15) is 5.82 Å². The number of anilines is 2. The Morgan fingerprint density at radius 1 is 0.903 bits per heavy atom. The number of likely N-dealkylation sites (N-methyl/N-ethyl adjacent to an activating group) is 1. The fourth-order valence-corrected chi connectivity index (χ4v) is 4.19. The van der Waals surface area contributed by atoms with Crippen molar-refractivity contribution in [3.8, 4) is 0 Å². The highest BCUT2D eigenvalue weighted by molar-refractivity contribution is 14.0. The highest BCUT2D eigenvalue weighted by Crippen LogP contribution is 2.19. The van der Waals surface area contributed by atoms with E-state index < -0.39 is 0 Å². The second-order valence-corrected chi connectivity index (χ2v) is 7.99. The average Bonchev–Trinajstić information content (AvgIpc) is 2.81. The molecule has 0 amide bonds. The maximum Gasteiger partial charge on any atom is 0.194 e. The molecule has 8 heteroatoms. The summed E-state index contributed by atoms with van der Waals surface area (Å²) in [6, 6.07) is 14.9. The summed E-state index contributed by atoms with van der Waals surface area (Å²) in [6.45, 7) is 8.89. The van der Waals surface area contributed by atoms with Crippen molar-refractivity contribution in [1.29, 1.82) is 0 Å². The van der Waals surface area contributed by atoms with Gasteiger partial charge in [-0.3, -0.25) is 4.99 Å². The van der Waals surface area contributed by atoms with E-state index in [9.17, 15) is 0 Å². The van der Waals surface area contributed by atoms with Crippen LogP contribution in [0.25, 0.3) is 0 Å². The number of aromatic nitrogens is 1. The molecular weight excluding hydrogens is 501 g/mol. The summed E-state index contributed by atoms with van der Waals surface area (Å²) in [5.74, 6) is 2.07. The fraction of sp³-hybridized carbons (Fsp3) is 0.478. The zero-order valence-electron chi connectivity index (χ0n) is 18.6. The van der Waals surface area contributed by atoms with E-state index in [0.717, 1.165) is 70.7 Å². The van der Waals surface area contributed by atoms with Gasteiger partial charge in [0.2, 0.25) is 0 Å². The Labute approximate surface area is 203 Å². The minimum atomic E-state index is 0. The third kappa shape index (κ3) is 6.00. The first kappa shape index (κ1) is 23.6. The Balaban J connectivity index is 0.00000272. The number of para-hydroxylation sites is 1. The van der Waals surface area contributed by atoms with Gasteiger partial charge in [0.25, 0.3) is 0 Å². The van der Waals surface area contributed by atoms with E-state index in [1.165, 1.54) is 11.3 Å². The summed E-state index contributed by atoms with van der Waals surface area (Å²) in [7, 11) is 4.05. The van der Waals surface area contributed by atoms with Crippen molar-refractivity contribution in [1.82, 2.24) is 20.1 Å². The molecule has 7 nitrogen and oxygen atoms in total. The molecule has 3 heterocycles. The zero-order chi connectivity index (χ0) is 20.8. The first-order valence-corrected chi connectivity index (χ1v) is 10.9. The van der Waals surface area contributed by atoms with E-state index in [0.29, 0.717) is 0 Å². The van der Waals surface area contributed by atoms with E-state index in [-0.39, 0.29) is 24.0 Å². The smallest absolute Gasteiger partial charge is 0.194 e. The number of hydrogen-bond donors (Lipinski definition) is 1. The van der Waals surface area contributed by atoms with Crippen LogP contribution in [0.15, 0.2) is 53.7 Å². The standard InChI is InChI=1S/C23H33N7.HI/c1-24-23(30-17-15-28(16-18-30)21-8-4-3-5-9-21)26-19-20-7-6-10-25-22(20)29-13-11-27(2)12-14-29;/h3-10H,11-19H2,1-2H3,(H,24,26);1H. The Bertz CT molecular complexity index is 829. The van der Waals surface area contributed by atoms with Gasteiger partial charge in [-0.1, -0.05) is 24.3 Å². The summed E-state index contributed by atoms with van der Waals surface area (Å²) >= 11 is 0. The minimum Gasteiger partial charge on any atom is -0.368 e. The second-order valence-electron chi connectivity index (χ2n) is 7.99. The van der Waals surface area contributed by atoms with Crippen LogP contribution in [0.4, 0.5) is 11.5 Å². The van der Waals surface area contributed by atoms with Crippen LogP contribution in [0.5, 0.6) is 0 Å². The lowest BCUT2D eigenvalue weighted by Crippen LogP contribution is -2.52. The molecule has 4 rings (SSSR count). The highest BCUT2D eigenvalue weighted by atomic mass is 127. The molecule has 0 unspecified atom stereocenters. The molecule has 0 spiro atoms. The van der Waals surface area contributed by atoms with Crippen LogP contribution in [0.3, 0.4) is 0 Å². The number of hydrogen-bond acceptors (Lipinski definition) is 5. The molecule has 31 heavy (non-hydrogen) atoms. The molecule has 2 aromatic rings. The summed E-state index contributed by atoms with van der Waals surface area (Å²) in [5, 5.41) is 3.58. The minimum absolute atomic E-state index is 0. The Morgan fingerprint density at radius 3 is 2.26 bits per heavy atom. The lowest BCUT2D eigenvalue weighted by Gasteiger charge is -2.38. The summed E-state index contributed by atoms with van der Waals surface area (Å²) < 4.78 is 0. The second kappa shape index (κ2) is 11.5. The molecular formula is C23H34IN7. The van der Waals surface area contributed by atoms with Gasteiger partial charge in [0.05, 0.1) is 0 Å². The molecule has 0 atom stereocenters. The molecule has 2 aliphatic rings. The zero-order valence-corrected chi connectivity index (χ0v) is 20.9. The lowest BCUT2D eigenvalue weighted by molar-refractivity contribution is 0.311. The summed E-state index contributed by atoms with van der Waals surface area (Å²) in [5.41, 5.74) is 2.53. The molecule has 0 aliphatic carbocycles. The normalized spacial score (nSPS) is 18.0. The molecule has 1 aromatic heterocycles. The number of nitrogens with one attached hydrogen (secondary N) is 1. The van der Waals surface area contributed by atoms with Gasteiger partial charge in [-0.05, 0) is 25.2 Å². The monoisotopic (exact) mass is 535 g/mol. The maximum absolute atomic E-state index is 4.69. The van der Waals surface area contributed by atoms with Crippen molar-refractivity contribution in [3.05, 3.63) is 54.2 Å². The highest BCUT2D eigenvalue weighted by Gasteiger charge is 2.21. The molecule has 0 saturated carbocycles. The first-order chi connectivity index (χ1) is 14.7. The summed E-state index contributed by atoms with van der Waals surface area (Å²) in [6.07, 6.45) is 1.90. The Morgan fingerprint density at radius 2 is 1.58 bits per heavy atom. The Kier molecular flexibility index (Phi) is 8.77. The van der Waals surface area contributed by atoms with Crippen LogP contribution in [0.2, 0.25) is 0 Å². The molecule has 2 fully saturated rings.